The van der Waals surface area contributed by atoms with Gasteiger partial charge in [-0.3, -0.25) is 0 Å². The van der Waals surface area contributed by atoms with E-state index in [9.17, 15) is 0 Å². The molecule has 0 saturated heterocycles. The van der Waals surface area contributed by atoms with E-state index in [0.717, 1.165) is 0 Å². The van der Waals surface area contributed by atoms with E-state index in [1.165, 1.54) is 45.0 Å². The van der Waals surface area contributed by atoms with Crippen LogP contribution in [0.15, 0.2) is 42.6 Å². The van der Waals surface area contributed by atoms with Gasteiger partial charge in [-0.05, 0) is 61.4 Å². The molecule has 0 aliphatic rings. The van der Waals surface area contributed by atoms with Crippen LogP contribution < -0.4 is 4.57 Å². The third kappa shape index (κ3) is 3.45. The molecular formula is C25H33N2+. The van der Waals surface area contributed by atoms with Gasteiger partial charge in [-0.25, -0.2) is 0 Å². The minimum atomic E-state index is 0.473. The van der Waals surface area contributed by atoms with Crippen molar-refractivity contribution < 1.29 is 4.57 Å². The monoisotopic (exact) mass is 361 g/mol. The summed E-state index contributed by atoms with van der Waals surface area (Å²) in [5, 5.41) is 0. The molecule has 142 valence electrons. The number of aromatic nitrogens is 2. The topological polar surface area (TPSA) is 8.81 Å². The smallest absolute Gasteiger partial charge is 0.229 e. The SMILES string of the molecule is Cc1ccc(-c2c(C)cc(C)n2-c2c(C(C)C)cccc2C(C)C)[n+](C)c1. The molecule has 2 heterocycles. The van der Waals surface area contributed by atoms with Crippen molar-refractivity contribution in [1.29, 1.82) is 0 Å². The number of aryl methyl sites for hydroxylation is 4. The summed E-state index contributed by atoms with van der Waals surface area (Å²) in [5.41, 5.74) is 10.6. The molecular weight excluding hydrogens is 328 g/mol. The largest absolute Gasteiger partial charge is 0.308 e. The Hall–Kier alpha value is -2.35. The van der Waals surface area contributed by atoms with Crippen LogP contribution in [0.5, 0.6) is 0 Å². The summed E-state index contributed by atoms with van der Waals surface area (Å²) in [5.74, 6) is 0.945. The molecule has 0 atom stereocenters. The van der Waals surface area contributed by atoms with Crippen molar-refractivity contribution in [3.05, 3.63) is 70.5 Å². The molecule has 3 rings (SSSR count). The number of hydrogen-bond acceptors (Lipinski definition) is 0. The maximum absolute atomic E-state index is 2.49. The van der Waals surface area contributed by atoms with E-state index < -0.39 is 0 Å². The van der Waals surface area contributed by atoms with Gasteiger partial charge in [-0.2, -0.15) is 4.57 Å². The van der Waals surface area contributed by atoms with Crippen LogP contribution in [0.3, 0.4) is 0 Å². The quantitative estimate of drug-likeness (QED) is 0.493. The summed E-state index contributed by atoms with van der Waals surface area (Å²) in [6, 6.07) is 13.6. The standard InChI is InChI=1S/C25H33N2/c1-16(2)21-10-9-11-22(17(3)4)25(21)27-20(7)14-19(6)24(27)23-13-12-18(5)15-26(23)8/h9-17H,1-8H3/q+1. The van der Waals surface area contributed by atoms with Crippen LogP contribution in [0.25, 0.3) is 17.1 Å². The molecule has 0 aliphatic heterocycles. The first kappa shape index (κ1) is 19.4. The molecule has 0 fully saturated rings. The van der Waals surface area contributed by atoms with Crippen molar-refractivity contribution in [2.75, 3.05) is 0 Å². The van der Waals surface area contributed by atoms with Crippen LogP contribution in [-0.4, -0.2) is 4.57 Å². The first-order valence-electron chi connectivity index (χ1n) is 10.0. The lowest BCUT2D eigenvalue weighted by molar-refractivity contribution is -0.660. The molecule has 2 heteroatoms. The number of benzene rings is 1. The van der Waals surface area contributed by atoms with Gasteiger partial charge in [-0.1, -0.05) is 45.9 Å². The predicted molar refractivity (Wildman–Crippen MR) is 115 cm³/mol. The Morgan fingerprint density at radius 1 is 0.852 bits per heavy atom. The van der Waals surface area contributed by atoms with E-state index >= 15 is 0 Å². The van der Waals surface area contributed by atoms with Crippen LogP contribution >= 0.6 is 0 Å². The molecule has 0 bridgehead atoms. The van der Waals surface area contributed by atoms with Gasteiger partial charge in [0.15, 0.2) is 6.20 Å². The summed E-state index contributed by atoms with van der Waals surface area (Å²) in [7, 11) is 2.14. The van der Waals surface area contributed by atoms with Gasteiger partial charge in [0.05, 0.1) is 5.69 Å². The average Bonchev–Trinajstić information content (AvgIpc) is 2.87. The van der Waals surface area contributed by atoms with Gasteiger partial charge in [0.25, 0.3) is 0 Å². The molecule has 0 amide bonds. The Labute approximate surface area is 164 Å². The van der Waals surface area contributed by atoms with E-state index in [2.05, 4.69) is 107 Å². The minimum absolute atomic E-state index is 0.473. The van der Waals surface area contributed by atoms with Crippen molar-refractivity contribution in [3.8, 4) is 17.1 Å². The van der Waals surface area contributed by atoms with Crippen LogP contribution in [0, 0.1) is 20.8 Å². The second kappa shape index (κ2) is 7.34. The highest BCUT2D eigenvalue weighted by atomic mass is 15.0. The fourth-order valence-corrected chi connectivity index (χ4v) is 4.17. The third-order valence-corrected chi connectivity index (χ3v) is 5.47. The maximum Gasteiger partial charge on any atom is 0.229 e. The molecule has 2 aromatic heterocycles. The van der Waals surface area contributed by atoms with E-state index in [1.54, 1.807) is 0 Å². The number of pyridine rings is 1. The van der Waals surface area contributed by atoms with Crippen molar-refractivity contribution >= 4 is 0 Å². The minimum Gasteiger partial charge on any atom is -0.308 e. The molecule has 2 nitrogen and oxygen atoms in total. The molecule has 0 spiro atoms. The Balaban J connectivity index is 2.41. The van der Waals surface area contributed by atoms with Gasteiger partial charge in [0, 0.05) is 17.3 Å². The summed E-state index contributed by atoms with van der Waals surface area (Å²) in [6.07, 6.45) is 2.21. The maximum atomic E-state index is 2.49. The summed E-state index contributed by atoms with van der Waals surface area (Å²) in [4.78, 5) is 0. The fourth-order valence-electron chi connectivity index (χ4n) is 4.17. The van der Waals surface area contributed by atoms with E-state index in [1.807, 2.05) is 0 Å². The summed E-state index contributed by atoms with van der Waals surface area (Å²) >= 11 is 0. The summed E-state index contributed by atoms with van der Waals surface area (Å²) in [6.45, 7) is 15.8. The highest BCUT2D eigenvalue weighted by molar-refractivity contribution is 5.66. The van der Waals surface area contributed by atoms with E-state index in [-0.39, 0.29) is 0 Å². The molecule has 0 radical (unpaired) electrons. The van der Waals surface area contributed by atoms with Gasteiger partial charge < -0.3 is 4.57 Å². The van der Waals surface area contributed by atoms with Crippen LogP contribution in [0.4, 0.5) is 0 Å². The van der Waals surface area contributed by atoms with Crippen LogP contribution in [0.2, 0.25) is 0 Å². The van der Waals surface area contributed by atoms with Gasteiger partial charge in [0.1, 0.15) is 12.7 Å². The highest BCUT2D eigenvalue weighted by Crippen LogP contribution is 2.36. The molecule has 1 aromatic carbocycles. The van der Waals surface area contributed by atoms with Crippen molar-refractivity contribution in [2.45, 2.75) is 60.3 Å². The highest BCUT2D eigenvalue weighted by Gasteiger charge is 2.24. The second-order valence-electron chi connectivity index (χ2n) is 8.45. The lowest BCUT2D eigenvalue weighted by Gasteiger charge is -2.23. The molecule has 0 unspecified atom stereocenters. The Morgan fingerprint density at radius 3 is 1.96 bits per heavy atom. The lowest BCUT2D eigenvalue weighted by atomic mass is 9.92. The zero-order valence-electron chi connectivity index (χ0n) is 18.1. The normalized spacial score (nSPS) is 11.6. The van der Waals surface area contributed by atoms with Crippen LogP contribution in [-0.2, 0) is 7.05 Å². The Morgan fingerprint density at radius 2 is 1.44 bits per heavy atom. The molecule has 0 N–H and O–H groups in total. The number of rotatable bonds is 4. The van der Waals surface area contributed by atoms with E-state index in [0.29, 0.717) is 11.8 Å². The lowest BCUT2D eigenvalue weighted by Crippen LogP contribution is -2.32. The number of hydrogen-bond donors (Lipinski definition) is 0. The molecule has 0 aliphatic carbocycles. The molecule has 3 aromatic rings. The van der Waals surface area contributed by atoms with Crippen molar-refractivity contribution in [3.63, 3.8) is 0 Å². The summed E-state index contributed by atoms with van der Waals surface area (Å²) < 4.78 is 4.74. The van der Waals surface area contributed by atoms with Gasteiger partial charge in [0.2, 0.25) is 5.69 Å². The third-order valence-electron chi connectivity index (χ3n) is 5.47. The number of nitrogens with zero attached hydrogens (tertiary/aromatic N) is 2. The Bertz CT molecular complexity index is 948. The second-order valence-corrected chi connectivity index (χ2v) is 8.45. The van der Waals surface area contributed by atoms with Crippen molar-refractivity contribution in [2.24, 2.45) is 7.05 Å². The first-order valence-corrected chi connectivity index (χ1v) is 10.0. The van der Waals surface area contributed by atoms with Crippen molar-refractivity contribution in [1.82, 2.24) is 4.57 Å². The Kier molecular flexibility index (Phi) is 5.28. The molecule has 27 heavy (non-hydrogen) atoms. The zero-order chi connectivity index (χ0) is 19.9. The first-order chi connectivity index (χ1) is 12.7. The van der Waals surface area contributed by atoms with Gasteiger partial charge >= 0.3 is 0 Å². The van der Waals surface area contributed by atoms with Gasteiger partial charge in [-0.15, -0.1) is 0 Å². The fraction of sp³-hybridized carbons (Fsp3) is 0.400. The van der Waals surface area contributed by atoms with E-state index in [4.69, 9.17) is 0 Å². The number of para-hydroxylation sites is 1. The molecule has 0 saturated carbocycles. The average molecular weight is 362 g/mol. The predicted octanol–water partition coefficient (Wildman–Crippen LogP) is 6.14. The van der Waals surface area contributed by atoms with Crippen LogP contribution in [0.1, 0.15) is 67.5 Å². The zero-order valence-corrected chi connectivity index (χ0v) is 18.1.